The van der Waals surface area contributed by atoms with Crippen LogP contribution in [-0.4, -0.2) is 18.8 Å². The van der Waals surface area contributed by atoms with E-state index in [-0.39, 0.29) is 0 Å². The summed E-state index contributed by atoms with van der Waals surface area (Å²) in [7, 11) is -2.39. The third kappa shape index (κ3) is 2.74. The summed E-state index contributed by atoms with van der Waals surface area (Å²) in [6, 6.07) is 0. The van der Waals surface area contributed by atoms with Crippen molar-refractivity contribution >= 4 is 7.83 Å². The molecule has 3 nitrogen and oxygen atoms in total. The second-order valence-electron chi connectivity index (χ2n) is 1.30. The highest BCUT2D eigenvalue weighted by Crippen LogP contribution is 2.38. The molecule has 5 heteroatoms. The van der Waals surface area contributed by atoms with Crippen LogP contribution < -0.4 is 4.89 Å². The van der Waals surface area contributed by atoms with Gasteiger partial charge in [-0.1, -0.05) is 0 Å². The lowest BCUT2D eigenvalue weighted by Crippen LogP contribution is -2.13. The molecule has 0 bridgehead atoms. The quantitative estimate of drug-likeness (QED) is 0.464. The lowest BCUT2D eigenvalue weighted by molar-refractivity contribution is -0.197. The molecule has 1 unspecified atom stereocenters. The summed E-state index contributed by atoms with van der Waals surface area (Å²) in [6.45, 7) is 0. The van der Waals surface area contributed by atoms with Crippen molar-refractivity contribution in [2.45, 2.75) is 0 Å². The van der Waals surface area contributed by atoms with Crippen LogP contribution in [0.2, 0.25) is 0 Å². The summed E-state index contributed by atoms with van der Waals surface area (Å²) in [5.41, 5.74) is 0. The van der Waals surface area contributed by atoms with E-state index in [1.54, 1.807) is 0 Å². The zero-order valence-corrected chi connectivity index (χ0v) is 4.98. The molecule has 1 atom stereocenters. The lowest BCUT2D eigenvalue weighted by atomic mass is 11.3. The standard InChI is InChI=1S/C2H7FNO2P/c1-4(2)7(3,5)6/h1-2H3,(H,5,6)/p-1. The molecule has 0 aromatic heterocycles. The molecule has 0 amide bonds. The Morgan fingerprint density at radius 1 is 1.71 bits per heavy atom. The molecule has 0 aromatic rings. The highest BCUT2D eigenvalue weighted by atomic mass is 31.2. The zero-order chi connectivity index (χ0) is 6.08. The van der Waals surface area contributed by atoms with Crippen molar-refractivity contribution in [2.24, 2.45) is 0 Å². The number of nitrogens with zero attached hydrogens (tertiary/aromatic N) is 1. The molecule has 0 radical (unpaired) electrons. The van der Waals surface area contributed by atoms with Crippen LogP contribution in [-0.2, 0) is 4.57 Å². The van der Waals surface area contributed by atoms with E-state index in [9.17, 15) is 13.7 Å². The molecule has 0 aliphatic rings. The summed E-state index contributed by atoms with van der Waals surface area (Å²) < 4.78 is 21.6. The highest BCUT2D eigenvalue weighted by molar-refractivity contribution is 7.48. The summed E-state index contributed by atoms with van der Waals surface area (Å²) in [5, 5.41) is 0. The van der Waals surface area contributed by atoms with Crippen LogP contribution in [0.3, 0.4) is 0 Å². The molecule has 7 heavy (non-hydrogen) atoms. The van der Waals surface area contributed by atoms with Crippen LogP contribution in [0.15, 0.2) is 0 Å². The van der Waals surface area contributed by atoms with Crippen molar-refractivity contribution in [3.63, 3.8) is 0 Å². The lowest BCUT2D eigenvalue weighted by Gasteiger charge is -2.19. The second kappa shape index (κ2) is 1.90. The van der Waals surface area contributed by atoms with Crippen molar-refractivity contribution in [1.29, 1.82) is 0 Å². The normalized spacial score (nSPS) is 19.6. The van der Waals surface area contributed by atoms with Crippen molar-refractivity contribution in [1.82, 2.24) is 4.67 Å². The molecular weight excluding hydrogens is 120 g/mol. The smallest absolute Gasteiger partial charge is 0.249 e. The average molecular weight is 126 g/mol. The number of hydrogen-bond acceptors (Lipinski definition) is 2. The fourth-order valence-electron chi connectivity index (χ4n) is 0. The van der Waals surface area contributed by atoms with E-state index in [1.807, 2.05) is 0 Å². The largest absolute Gasteiger partial charge is 0.763 e. The van der Waals surface area contributed by atoms with Crippen LogP contribution >= 0.6 is 7.83 Å². The number of hydrogen-bond donors (Lipinski definition) is 0. The van der Waals surface area contributed by atoms with Gasteiger partial charge in [0.2, 0.25) is 7.83 Å². The first-order valence-electron chi connectivity index (χ1n) is 1.63. The molecule has 0 saturated carbocycles. The number of halogens is 1. The molecule has 0 aromatic carbocycles. The van der Waals surface area contributed by atoms with Crippen molar-refractivity contribution < 1.29 is 13.7 Å². The maximum Gasteiger partial charge on any atom is 0.249 e. The topological polar surface area (TPSA) is 43.4 Å². The van der Waals surface area contributed by atoms with E-state index in [4.69, 9.17) is 0 Å². The Balaban J connectivity index is 3.80. The molecule has 44 valence electrons. The van der Waals surface area contributed by atoms with Crippen LogP contribution in [0, 0.1) is 0 Å². The molecule has 0 N–H and O–H groups in total. The van der Waals surface area contributed by atoms with Gasteiger partial charge in [0, 0.05) is 0 Å². The van der Waals surface area contributed by atoms with Gasteiger partial charge in [0.15, 0.2) is 0 Å². The molecule has 0 aliphatic carbocycles. The molecule has 0 heterocycles. The first-order valence-corrected chi connectivity index (χ1v) is 3.10. The third-order valence-electron chi connectivity index (χ3n) is 0.478. The van der Waals surface area contributed by atoms with Crippen LogP contribution in [0.1, 0.15) is 0 Å². The monoisotopic (exact) mass is 126 g/mol. The Hall–Kier alpha value is 0.0800. The zero-order valence-electron chi connectivity index (χ0n) is 4.09. The molecule has 0 fully saturated rings. The van der Waals surface area contributed by atoms with E-state index in [1.165, 1.54) is 0 Å². The predicted octanol–water partition coefficient (Wildman–Crippen LogP) is -0.0141. The summed E-state index contributed by atoms with van der Waals surface area (Å²) >= 11 is 0. The van der Waals surface area contributed by atoms with Crippen LogP contribution in [0.4, 0.5) is 4.20 Å². The Kier molecular flexibility index (Phi) is 1.92. The summed E-state index contributed by atoms with van der Waals surface area (Å²) in [5.74, 6) is 0. The molecule has 0 aliphatic heterocycles. The summed E-state index contributed by atoms with van der Waals surface area (Å²) in [6.07, 6.45) is 0. The van der Waals surface area contributed by atoms with Gasteiger partial charge in [-0.25, -0.2) is 4.67 Å². The Bertz CT molecular complexity index is 97.9. The SMILES string of the molecule is CN(C)P(=O)([O-])F. The molecular formula is C2H6FNO2P-. The average Bonchev–Trinajstić information content (AvgIpc) is 1.31. The van der Waals surface area contributed by atoms with Gasteiger partial charge in [-0.05, 0) is 14.1 Å². The van der Waals surface area contributed by atoms with Gasteiger partial charge in [0.05, 0.1) is 0 Å². The van der Waals surface area contributed by atoms with E-state index in [2.05, 4.69) is 0 Å². The minimum Gasteiger partial charge on any atom is -0.763 e. The van der Waals surface area contributed by atoms with Crippen molar-refractivity contribution in [3.8, 4) is 0 Å². The van der Waals surface area contributed by atoms with E-state index in [0.29, 0.717) is 4.67 Å². The molecule has 0 saturated heterocycles. The van der Waals surface area contributed by atoms with Gasteiger partial charge in [-0.2, -0.15) is 4.20 Å². The van der Waals surface area contributed by atoms with Gasteiger partial charge < -0.3 is 4.89 Å². The Labute approximate surface area is 41.4 Å². The first kappa shape index (κ1) is 7.08. The van der Waals surface area contributed by atoms with Gasteiger partial charge in [0.25, 0.3) is 0 Å². The van der Waals surface area contributed by atoms with Gasteiger partial charge in [-0.15, -0.1) is 0 Å². The van der Waals surface area contributed by atoms with Gasteiger partial charge in [0.1, 0.15) is 0 Å². The van der Waals surface area contributed by atoms with Crippen molar-refractivity contribution in [3.05, 3.63) is 0 Å². The second-order valence-corrected chi connectivity index (χ2v) is 3.00. The maximum absolute atomic E-state index is 11.4. The van der Waals surface area contributed by atoms with Crippen LogP contribution in [0.25, 0.3) is 0 Å². The minimum absolute atomic E-state index is 0.521. The first-order chi connectivity index (χ1) is 2.94. The highest BCUT2D eigenvalue weighted by Gasteiger charge is 2.04. The van der Waals surface area contributed by atoms with Gasteiger partial charge in [-0.3, -0.25) is 4.57 Å². The number of rotatable bonds is 1. The minimum atomic E-state index is -4.65. The van der Waals surface area contributed by atoms with E-state index in [0.717, 1.165) is 14.1 Å². The fourth-order valence-corrected chi connectivity index (χ4v) is 0. The predicted molar refractivity (Wildman–Crippen MR) is 22.4 cm³/mol. The van der Waals surface area contributed by atoms with E-state index >= 15 is 0 Å². The third-order valence-corrected chi connectivity index (χ3v) is 1.43. The van der Waals surface area contributed by atoms with Crippen LogP contribution in [0.5, 0.6) is 0 Å². The summed E-state index contributed by atoms with van der Waals surface area (Å²) in [4.78, 5) is 9.62. The fraction of sp³-hybridized carbons (Fsp3) is 1.00. The van der Waals surface area contributed by atoms with Gasteiger partial charge >= 0.3 is 0 Å². The molecule has 0 rings (SSSR count). The Morgan fingerprint density at radius 2 is 1.86 bits per heavy atom. The van der Waals surface area contributed by atoms with Crippen molar-refractivity contribution in [2.75, 3.05) is 14.1 Å². The van der Waals surface area contributed by atoms with E-state index < -0.39 is 7.83 Å². The molecule has 0 spiro atoms. The Morgan fingerprint density at radius 3 is 1.86 bits per heavy atom. The maximum atomic E-state index is 11.4.